The van der Waals surface area contributed by atoms with Gasteiger partial charge in [-0.2, -0.15) is 35.1 Å². The van der Waals surface area contributed by atoms with Crippen LogP contribution >= 0.6 is 0 Å². The summed E-state index contributed by atoms with van der Waals surface area (Å²) < 4.78 is 98.9. The van der Waals surface area contributed by atoms with Crippen LogP contribution in [0.4, 0.5) is 35.1 Å². The quantitative estimate of drug-likeness (QED) is 0.494. The van der Waals surface area contributed by atoms with E-state index in [4.69, 9.17) is 10.2 Å². The van der Waals surface area contributed by atoms with E-state index in [0.29, 0.717) is 0 Å². The van der Waals surface area contributed by atoms with Crippen molar-refractivity contribution < 1.29 is 85.9 Å². The van der Waals surface area contributed by atoms with Crippen molar-refractivity contribution in [3.63, 3.8) is 0 Å². The molecule has 0 spiro atoms. The van der Waals surface area contributed by atoms with Crippen LogP contribution in [0.5, 0.6) is 0 Å². The summed E-state index contributed by atoms with van der Waals surface area (Å²) in [6, 6.07) is 0. The molecule has 108 valence electrons. The third kappa shape index (κ3) is 2.79. The van der Waals surface area contributed by atoms with Crippen LogP contribution < -0.4 is 29.6 Å². The van der Waals surface area contributed by atoms with E-state index < -0.39 is 35.6 Å². The average molecular weight is 314 g/mol. The van der Waals surface area contributed by atoms with E-state index >= 15 is 0 Å². The fourth-order valence-electron chi connectivity index (χ4n) is 0.663. The Morgan fingerprint density at radius 1 is 0.684 bits per heavy atom. The molecule has 0 unspecified atom stereocenters. The summed E-state index contributed by atoms with van der Waals surface area (Å²) in [6.07, 6.45) is 0. The molecule has 0 saturated carbocycles. The molecular formula is C6H3F8NaO4. The van der Waals surface area contributed by atoms with E-state index in [2.05, 4.69) is 0 Å². The topological polar surface area (TPSA) is 74.6 Å². The van der Waals surface area contributed by atoms with E-state index in [1.54, 1.807) is 0 Å². The number of carboxylic acid groups (broad SMARTS) is 2. The van der Waals surface area contributed by atoms with Crippen molar-refractivity contribution in [1.82, 2.24) is 0 Å². The Labute approximate surface area is 122 Å². The van der Waals surface area contributed by atoms with Gasteiger partial charge in [0.15, 0.2) is 0 Å². The Kier molecular flexibility index (Phi) is 5.88. The van der Waals surface area contributed by atoms with Gasteiger partial charge in [0, 0.05) is 0 Å². The summed E-state index contributed by atoms with van der Waals surface area (Å²) in [4.78, 5) is 19.3. The maximum atomic E-state index is 12.5. The van der Waals surface area contributed by atoms with Gasteiger partial charge in [0.25, 0.3) is 0 Å². The molecule has 0 rings (SSSR count). The fourth-order valence-corrected chi connectivity index (χ4v) is 0.663. The molecule has 0 saturated heterocycles. The largest absolute Gasteiger partial charge is 1.00 e. The minimum atomic E-state index is -7.12. The predicted octanol–water partition coefficient (Wildman–Crippen LogP) is -1.19. The van der Waals surface area contributed by atoms with Gasteiger partial charge < -0.3 is 11.6 Å². The van der Waals surface area contributed by atoms with Crippen LogP contribution in [0.25, 0.3) is 0 Å². The van der Waals surface area contributed by atoms with Crippen molar-refractivity contribution in [2.75, 3.05) is 0 Å². The first-order chi connectivity index (χ1) is 7.64. The Morgan fingerprint density at radius 3 is 0.947 bits per heavy atom. The summed E-state index contributed by atoms with van der Waals surface area (Å²) >= 11 is 0. The van der Waals surface area contributed by atoms with Crippen LogP contribution in [0.3, 0.4) is 0 Å². The normalized spacial score (nSPS) is 13.7. The Balaban J connectivity index is -0.00000144. The molecule has 0 bridgehead atoms. The Bertz CT molecular complexity index is 351. The second-order valence-corrected chi connectivity index (χ2v) is 2.91. The first-order valence-corrected chi connectivity index (χ1v) is 3.62. The van der Waals surface area contributed by atoms with Gasteiger partial charge in [-0.25, -0.2) is 9.59 Å². The molecule has 0 aliphatic carbocycles. The smallest absolute Gasteiger partial charge is 1.00 e. The summed E-state index contributed by atoms with van der Waals surface area (Å²) in [5, 5.41) is 15.2. The molecule has 13 heteroatoms. The molecule has 0 fully saturated rings. The molecule has 0 aromatic rings. The van der Waals surface area contributed by atoms with Gasteiger partial charge in [-0.3, -0.25) is 0 Å². The van der Waals surface area contributed by atoms with Crippen LogP contribution in [0, 0.1) is 0 Å². The van der Waals surface area contributed by atoms with Gasteiger partial charge in [0.05, 0.1) is 0 Å². The first-order valence-electron chi connectivity index (χ1n) is 3.62. The predicted molar refractivity (Wildman–Crippen MR) is 36.2 cm³/mol. The molecule has 2 N–H and O–H groups in total. The average Bonchev–Trinajstić information content (AvgIpc) is 2.15. The summed E-state index contributed by atoms with van der Waals surface area (Å²) in [5.41, 5.74) is 0. The Morgan fingerprint density at radius 2 is 0.842 bits per heavy atom. The van der Waals surface area contributed by atoms with Crippen LogP contribution in [-0.2, 0) is 9.59 Å². The zero-order valence-electron chi connectivity index (χ0n) is 9.73. The Hall–Kier alpha value is -0.620. The number of carbonyl (C=O) groups is 2. The number of alkyl halides is 8. The summed E-state index contributed by atoms with van der Waals surface area (Å²) in [7, 11) is 0. The number of aliphatic carboxylic acids is 2. The second kappa shape index (κ2) is 5.40. The van der Waals surface area contributed by atoms with E-state index in [-0.39, 0.29) is 31.0 Å². The van der Waals surface area contributed by atoms with Gasteiger partial charge >= 0.3 is 65.2 Å². The first kappa shape index (κ1) is 20.7. The minimum absolute atomic E-state index is 0. The molecule has 0 atom stereocenters. The number of hydrogen-bond acceptors (Lipinski definition) is 2. The monoisotopic (exact) mass is 314 g/mol. The van der Waals surface area contributed by atoms with E-state index in [0.717, 1.165) is 0 Å². The second-order valence-electron chi connectivity index (χ2n) is 2.91. The number of hydrogen-bond donors (Lipinski definition) is 2. The molecule has 0 amide bonds. The SMILES string of the molecule is O=C(O)C(F)(F)C(F)(F)C(F)(F)C(F)(F)C(=O)O.[H-].[Na+]. The maximum absolute atomic E-state index is 12.5. The minimum Gasteiger partial charge on any atom is -1.00 e. The van der Waals surface area contributed by atoms with Crippen LogP contribution in [-0.4, -0.2) is 45.8 Å². The molecule has 4 nitrogen and oxygen atoms in total. The van der Waals surface area contributed by atoms with Crippen LogP contribution in [0.1, 0.15) is 1.43 Å². The van der Waals surface area contributed by atoms with E-state index in [9.17, 15) is 44.7 Å². The number of rotatable bonds is 5. The molecule has 0 aliphatic rings. The van der Waals surface area contributed by atoms with Crippen molar-refractivity contribution in [3.8, 4) is 0 Å². The molecule has 0 heterocycles. The summed E-state index contributed by atoms with van der Waals surface area (Å²) in [6.45, 7) is 0. The van der Waals surface area contributed by atoms with E-state index in [1.807, 2.05) is 0 Å². The molecule has 0 aromatic carbocycles. The standard InChI is InChI=1S/C6H2F8O4.Na.H/c7-3(8,1(15)16)5(11,12)6(13,14)4(9,10)2(17)18;;/h(H,15,16)(H,17,18);;/q;+1;-1. The molecular weight excluding hydrogens is 311 g/mol. The number of halogens is 8. The molecule has 0 aromatic heterocycles. The van der Waals surface area contributed by atoms with Crippen molar-refractivity contribution in [2.24, 2.45) is 0 Å². The van der Waals surface area contributed by atoms with Crippen molar-refractivity contribution in [1.29, 1.82) is 0 Å². The third-order valence-corrected chi connectivity index (χ3v) is 1.72. The zero-order chi connectivity index (χ0) is 15.2. The van der Waals surface area contributed by atoms with Crippen molar-refractivity contribution >= 4 is 11.9 Å². The van der Waals surface area contributed by atoms with Gasteiger partial charge in [-0.1, -0.05) is 0 Å². The summed E-state index contributed by atoms with van der Waals surface area (Å²) in [5.74, 6) is -35.0. The molecule has 0 aliphatic heterocycles. The van der Waals surface area contributed by atoms with Gasteiger partial charge in [0.1, 0.15) is 0 Å². The molecule has 19 heavy (non-hydrogen) atoms. The van der Waals surface area contributed by atoms with Crippen molar-refractivity contribution in [3.05, 3.63) is 0 Å². The maximum Gasteiger partial charge on any atom is 1.00 e. The van der Waals surface area contributed by atoms with Gasteiger partial charge in [-0.15, -0.1) is 0 Å². The van der Waals surface area contributed by atoms with E-state index in [1.165, 1.54) is 0 Å². The van der Waals surface area contributed by atoms with Crippen LogP contribution in [0.2, 0.25) is 0 Å². The van der Waals surface area contributed by atoms with Gasteiger partial charge in [-0.05, 0) is 0 Å². The molecule has 0 radical (unpaired) electrons. The van der Waals surface area contributed by atoms with Crippen LogP contribution in [0.15, 0.2) is 0 Å². The number of carboxylic acids is 2. The zero-order valence-corrected chi connectivity index (χ0v) is 10.7. The van der Waals surface area contributed by atoms with Gasteiger partial charge in [0.2, 0.25) is 0 Å². The third-order valence-electron chi connectivity index (χ3n) is 1.72. The fraction of sp³-hybridized carbons (Fsp3) is 0.667. The van der Waals surface area contributed by atoms with Crippen molar-refractivity contribution in [2.45, 2.75) is 23.7 Å².